The molecule has 1 atom stereocenters. The highest BCUT2D eigenvalue weighted by atomic mass is 35.5. The van der Waals surface area contributed by atoms with E-state index in [1.54, 1.807) is 19.4 Å². The zero-order chi connectivity index (χ0) is 17.1. The van der Waals surface area contributed by atoms with Gasteiger partial charge in [0.15, 0.2) is 0 Å². The van der Waals surface area contributed by atoms with E-state index < -0.39 is 11.3 Å². The molecule has 0 spiro atoms. The molecule has 3 rings (SSSR count). The molecule has 0 radical (unpaired) electrons. The van der Waals surface area contributed by atoms with Gasteiger partial charge < -0.3 is 9.29 Å². The molecule has 1 heterocycles. The fraction of sp³-hybridized carbons (Fsp3) is 0.118. The van der Waals surface area contributed by atoms with Crippen LogP contribution in [0, 0.1) is 0 Å². The predicted molar refractivity (Wildman–Crippen MR) is 94.5 cm³/mol. The molecule has 1 unspecified atom stereocenters. The Morgan fingerprint density at radius 1 is 1.21 bits per heavy atom. The summed E-state index contributed by atoms with van der Waals surface area (Å²) in [4.78, 5) is 4.37. The van der Waals surface area contributed by atoms with Gasteiger partial charge in [-0.05, 0) is 35.4 Å². The summed E-state index contributed by atoms with van der Waals surface area (Å²) in [6.07, 6.45) is 1.73. The Labute approximate surface area is 147 Å². The number of aromatic nitrogens is 1. The molecule has 0 fully saturated rings. The fourth-order valence-electron chi connectivity index (χ4n) is 2.52. The third-order valence-corrected chi connectivity index (χ3v) is 4.36. The van der Waals surface area contributed by atoms with Crippen LogP contribution in [0.25, 0.3) is 22.0 Å². The normalized spacial score (nSPS) is 12.3. The molecule has 2 aromatic carbocycles. The van der Waals surface area contributed by atoms with E-state index in [4.69, 9.17) is 16.3 Å². The molecule has 24 heavy (non-hydrogen) atoms. The van der Waals surface area contributed by atoms with Gasteiger partial charge in [0.25, 0.3) is 0 Å². The first-order valence-electron chi connectivity index (χ1n) is 7.13. The molecule has 3 aromatic rings. The minimum absolute atomic E-state index is 0.199. The topological polar surface area (TPSA) is 74.3 Å². The highest BCUT2D eigenvalue weighted by molar-refractivity contribution is 7.77. The van der Waals surface area contributed by atoms with Crippen LogP contribution in [-0.2, 0) is 17.8 Å². The van der Waals surface area contributed by atoms with Crippen molar-refractivity contribution >= 4 is 33.8 Å². The lowest BCUT2D eigenvalue weighted by Gasteiger charge is -2.12. The minimum atomic E-state index is -2.30. The van der Waals surface area contributed by atoms with E-state index in [1.165, 1.54) is 0 Å². The summed E-state index contributed by atoms with van der Waals surface area (Å²) in [5.41, 5.74) is 3.42. The minimum Gasteiger partial charge on any atom is -0.760 e. The summed E-state index contributed by atoms with van der Waals surface area (Å²) in [6.45, 7) is 0.199. The zero-order valence-corrected chi connectivity index (χ0v) is 14.4. The SMILES string of the molecule is COc1ccc2c(-c3ccc(CNS(=O)[O-])cc3Cl)ccnc2c1. The van der Waals surface area contributed by atoms with Gasteiger partial charge in [-0.1, -0.05) is 23.7 Å². The predicted octanol–water partition coefficient (Wildman–Crippen LogP) is 3.45. The molecule has 0 aliphatic heterocycles. The molecule has 0 aliphatic rings. The quantitative estimate of drug-likeness (QED) is 0.706. The summed E-state index contributed by atoms with van der Waals surface area (Å²) >= 11 is 4.11. The van der Waals surface area contributed by atoms with Crippen LogP contribution in [0.2, 0.25) is 5.02 Å². The Balaban J connectivity index is 2.02. The van der Waals surface area contributed by atoms with Crippen molar-refractivity contribution in [1.82, 2.24) is 9.71 Å². The van der Waals surface area contributed by atoms with E-state index in [0.29, 0.717) is 5.02 Å². The van der Waals surface area contributed by atoms with Crippen LogP contribution < -0.4 is 9.46 Å². The lowest BCUT2D eigenvalue weighted by Crippen LogP contribution is -2.15. The van der Waals surface area contributed by atoms with Crippen LogP contribution in [0.4, 0.5) is 0 Å². The van der Waals surface area contributed by atoms with Gasteiger partial charge in [0.2, 0.25) is 0 Å². The summed E-state index contributed by atoms with van der Waals surface area (Å²) in [5.74, 6) is 0.741. The van der Waals surface area contributed by atoms with Gasteiger partial charge in [0, 0.05) is 46.0 Å². The van der Waals surface area contributed by atoms with Crippen LogP contribution in [-0.4, -0.2) is 20.9 Å². The number of fused-ring (bicyclic) bond motifs is 1. The second kappa shape index (κ2) is 7.27. The van der Waals surface area contributed by atoms with Crippen molar-refractivity contribution < 1.29 is 13.5 Å². The Morgan fingerprint density at radius 3 is 2.75 bits per heavy atom. The molecular weight excluding hydrogens is 348 g/mol. The molecule has 0 aliphatic carbocycles. The number of benzene rings is 2. The van der Waals surface area contributed by atoms with Gasteiger partial charge in [-0.3, -0.25) is 9.19 Å². The lowest BCUT2D eigenvalue weighted by atomic mass is 10.00. The Morgan fingerprint density at radius 2 is 2.04 bits per heavy atom. The largest absolute Gasteiger partial charge is 0.760 e. The Bertz CT molecular complexity index is 917. The second-order valence-electron chi connectivity index (χ2n) is 5.11. The lowest BCUT2D eigenvalue weighted by molar-refractivity contribution is 0.415. The van der Waals surface area contributed by atoms with Crippen LogP contribution in [0.1, 0.15) is 5.56 Å². The molecule has 0 bridgehead atoms. The summed E-state index contributed by atoms with van der Waals surface area (Å²) < 4.78 is 28.7. The molecule has 0 amide bonds. The molecule has 5 nitrogen and oxygen atoms in total. The van der Waals surface area contributed by atoms with Gasteiger partial charge in [-0.2, -0.15) is 0 Å². The molecule has 124 valence electrons. The summed E-state index contributed by atoms with van der Waals surface area (Å²) in [7, 11) is 1.61. The molecule has 7 heteroatoms. The number of ether oxygens (including phenoxy) is 1. The van der Waals surface area contributed by atoms with Gasteiger partial charge in [-0.25, -0.2) is 4.72 Å². The standard InChI is InChI=1S/C17H15ClN2O3S/c1-23-12-3-5-15-13(6-7-19-17(15)9-12)14-4-2-11(8-16(14)18)10-20-24(21)22/h2-9,20H,10H2,1H3,(H,21,22)/p-1. The van der Waals surface area contributed by atoms with Crippen LogP contribution in [0.5, 0.6) is 5.75 Å². The van der Waals surface area contributed by atoms with Gasteiger partial charge in [0.1, 0.15) is 5.75 Å². The third-order valence-electron chi connectivity index (χ3n) is 3.67. The fourth-order valence-corrected chi connectivity index (χ4v) is 3.11. The smallest absolute Gasteiger partial charge is 0.121 e. The maximum absolute atomic E-state index is 10.6. The van der Waals surface area contributed by atoms with Crippen molar-refractivity contribution in [2.75, 3.05) is 7.11 Å². The second-order valence-corrected chi connectivity index (χ2v) is 6.28. The maximum Gasteiger partial charge on any atom is 0.121 e. The van der Waals surface area contributed by atoms with Crippen LogP contribution >= 0.6 is 11.6 Å². The first-order valence-corrected chi connectivity index (χ1v) is 8.58. The number of hydrogen-bond donors (Lipinski definition) is 1. The average Bonchev–Trinajstić information content (AvgIpc) is 2.59. The third kappa shape index (κ3) is 3.57. The first-order chi connectivity index (χ1) is 11.6. The van der Waals surface area contributed by atoms with Crippen molar-refractivity contribution in [3.8, 4) is 16.9 Å². The van der Waals surface area contributed by atoms with Crippen molar-refractivity contribution in [3.63, 3.8) is 0 Å². The zero-order valence-electron chi connectivity index (χ0n) is 12.8. The summed E-state index contributed by atoms with van der Waals surface area (Å²) in [6, 6.07) is 13.1. The number of pyridine rings is 1. The number of nitrogens with zero attached hydrogens (tertiary/aromatic N) is 1. The van der Waals surface area contributed by atoms with Gasteiger partial charge in [0.05, 0.1) is 12.6 Å². The molecule has 1 aromatic heterocycles. The number of rotatable bonds is 5. The highest BCUT2D eigenvalue weighted by Crippen LogP contribution is 2.34. The van der Waals surface area contributed by atoms with Crippen LogP contribution in [0.15, 0.2) is 48.7 Å². The Hall–Kier alpha value is -1.99. The van der Waals surface area contributed by atoms with E-state index >= 15 is 0 Å². The molecule has 1 N–H and O–H groups in total. The van der Waals surface area contributed by atoms with Gasteiger partial charge in [-0.15, -0.1) is 0 Å². The number of methoxy groups -OCH3 is 1. The van der Waals surface area contributed by atoms with Gasteiger partial charge >= 0.3 is 0 Å². The average molecular weight is 362 g/mol. The van der Waals surface area contributed by atoms with E-state index in [-0.39, 0.29) is 6.54 Å². The van der Waals surface area contributed by atoms with Crippen molar-refractivity contribution in [2.45, 2.75) is 6.54 Å². The van der Waals surface area contributed by atoms with E-state index in [9.17, 15) is 8.76 Å². The first kappa shape index (κ1) is 16.9. The maximum atomic E-state index is 10.6. The number of hydrogen-bond acceptors (Lipinski definition) is 4. The number of halogens is 1. The van der Waals surface area contributed by atoms with Crippen molar-refractivity contribution in [2.24, 2.45) is 0 Å². The monoisotopic (exact) mass is 361 g/mol. The number of nitrogens with one attached hydrogen (secondary N) is 1. The molecule has 0 saturated heterocycles. The summed E-state index contributed by atoms with van der Waals surface area (Å²) in [5, 5.41) is 1.51. The van der Waals surface area contributed by atoms with E-state index in [2.05, 4.69) is 9.71 Å². The van der Waals surface area contributed by atoms with Crippen LogP contribution in [0.3, 0.4) is 0 Å². The van der Waals surface area contributed by atoms with Crippen molar-refractivity contribution in [1.29, 1.82) is 0 Å². The molecular formula is C17H14ClN2O3S-. The van der Waals surface area contributed by atoms with Crippen molar-refractivity contribution in [3.05, 3.63) is 59.2 Å². The Kier molecular flexibility index (Phi) is 5.11. The highest BCUT2D eigenvalue weighted by Gasteiger charge is 2.10. The van der Waals surface area contributed by atoms with E-state index in [0.717, 1.165) is 33.3 Å². The van der Waals surface area contributed by atoms with E-state index in [1.807, 2.05) is 36.4 Å². The molecule has 0 saturated carbocycles.